The standard InChI is InChI=1S/C22H24N4O3/c1-14-17(11-20(28)23-12-21-25-24-15(2)29-21)22-18(9-6-10-19(22)27)26(14)13-16-7-4-3-5-8-16/h3-5,7-8H,6,9-13H2,1-2H3,(H,23,28). The minimum absolute atomic E-state index is 0.136. The Kier molecular flexibility index (Phi) is 5.29. The van der Waals surface area contributed by atoms with Gasteiger partial charge in [-0.2, -0.15) is 0 Å². The molecule has 1 aliphatic rings. The van der Waals surface area contributed by atoms with Crippen LogP contribution in [0.4, 0.5) is 0 Å². The topological polar surface area (TPSA) is 90.0 Å². The Morgan fingerprint density at radius 3 is 2.69 bits per heavy atom. The van der Waals surface area contributed by atoms with E-state index in [0.29, 0.717) is 24.7 Å². The first-order valence-corrected chi connectivity index (χ1v) is 9.86. The van der Waals surface area contributed by atoms with Crippen molar-refractivity contribution in [2.24, 2.45) is 0 Å². The molecule has 7 nitrogen and oxygen atoms in total. The molecule has 4 rings (SSSR count). The first kappa shape index (κ1) is 19.1. The van der Waals surface area contributed by atoms with Crippen molar-refractivity contribution in [3.8, 4) is 0 Å². The second-order valence-corrected chi connectivity index (χ2v) is 7.40. The fourth-order valence-corrected chi connectivity index (χ4v) is 3.99. The molecule has 0 radical (unpaired) electrons. The Bertz CT molecular complexity index is 1050. The molecule has 1 aromatic carbocycles. The van der Waals surface area contributed by atoms with Gasteiger partial charge < -0.3 is 14.3 Å². The zero-order valence-electron chi connectivity index (χ0n) is 16.7. The maximum Gasteiger partial charge on any atom is 0.235 e. The molecule has 0 spiro atoms. The van der Waals surface area contributed by atoms with E-state index in [1.165, 1.54) is 5.56 Å². The number of ketones is 1. The lowest BCUT2D eigenvalue weighted by atomic mass is 9.92. The molecular weight excluding hydrogens is 368 g/mol. The van der Waals surface area contributed by atoms with Crippen molar-refractivity contribution in [1.82, 2.24) is 20.1 Å². The van der Waals surface area contributed by atoms with E-state index in [1.54, 1.807) is 6.92 Å². The lowest BCUT2D eigenvalue weighted by Gasteiger charge is -2.16. The van der Waals surface area contributed by atoms with Crippen LogP contribution in [0.2, 0.25) is 0 Å². The van der Waals surface area contributed by atoms with Gasteiger partial charge in [0.2, 0.25) is 17.7 Å². The predicted octanol–water partition coefficient (Wildman–Crippen LogP) is 2.91. The van der Waals surface area contributed by atoms with Crippen LogP contribution in [0, 0.1) is 13.8 Å². The highest BCUT2D eigenvalue weighted by atomic mass is 16.4. The number of benzene rings is 1. The number of nitrogens with zero attached hydrogens (tertiary/aromatic N) is 3. The molecule has 150 valence electrons. The lowest BCUT2D eigenvalue weighted by Crippen LogP contribution is -2.25. The third-order valence-corrected chi connectivity index (χ3v) is 5.38. The Labute approximate surface area is 169 Å². The number of rotatable bonds is 6. The van der Waals surface area contributed by atoms with Crippen molar-refractivity contribution < 1.29 is 14.0 Å². The van der Waals surface area contributed by atoms with Gasteiger partial charge in [0.25, 0.3) is 0 Å². The van der Waals surface area contributed by atoms with Crippen molar-refractivity contribution in [2.75, 3.05) is 0 Å². The van der Waals surface area contributed by atoms with Crippen molar-refractivity contribution >= 4 is 11.7 Å². The second kappa shape index (κ2) is 8.03. The molecule has 0 bridgehead atoms. The molecule has 7 heteroatoms. The average molecular weight is 392 g/mol. The van der Waals surface area contributed by atoms with Crippen LogP contribution in [0.1, 0.15) is 57.5 Å². The van der Waals surface area contributed by atoms with Gasteiger partial charge in [-0.1, -0.05) is 30.3 Å². The van der Waals surface area contributed by atoms with Gasteiger partial charge in [0, 0.05) is 36.8 Å². The molecule has 0 saturated carbocycles. The summed E-state index contributed by atoms with van der Waals surface area (Å²) in [5.74, 6) is 0.800. The van der Waals surface area contributed by atoms with Gasteiger partial charge in [0.05, 0.1) is 13.0 Å². The summed E-state index contributed by atoms with van der Waals surface area (Å²) in [6.45, 7) is 4.58. The number of aromatic nitrogens is 3. The summed E-state index contributed by atoms with van der Waals surface area (Å²) in [5, 5.41) is 10.5. The molecule has 0 atom stereocenters. The lowest BCUT2D eigenvalue weighted by molar-refractivity contribution is -0.120. The van der Waals surface area contributed by atoms with Crippen LogP contribution in [0.3, 0.4) is 0 Å². The number of amides is 1. The first-order chi connectivity index (χ1) is 14.0. The highest BCUT2D eigenvalue weighted by Crippen LogP contribution is 2.31. The van der Waals surface area contributed by atoms with Crippen molar-refractivity contribution in [1.29, 1.82) is 0 Å². The highest BCUT2D eigenvalue weighted by molar-refractivity contribution is 6.01. The van der Waals surface area contributed by atoms with E-state index in [4.69, 9.17) is 4.42 Å². The number of carbonyl (C=O) groups excluding carboxylic acids is 2. The predicted molar refractivity (Wildman–Crippen MR) is 107 cm³/mol. The Morgan fingerprint density at radius 1 is 1.17 bits per heavy atom. The third kappa shape index (κ3) is 3.99. The molecule has 0 saturated heterocycles. The number of nitrogens with one attached hydrogen (secondary N) is 1. The van der Waals surface area contributed by atoms with Crippen molar-refractivity contribution in [3.05, 3.63) is 70.2 Å². The SMILES string of the molecule is Cc1nnc(CNC(=O)Cc2c3c(n(Cc4ccccc4)c2C)CCCC3=O)o1. The fourth-order valence-electron chi connectivity index (χ4n) is 3.99. The van der Waals surface area contributed by atoms with Crippen LogP contribution < -0.4 is 5.32 Å². The van der Waals surface area contributed by atoms with E-state index in [9.17, 15) is 9.59 Å². The van der Waals surface area contributed by atoms with Crippen LogP contribution in [0.25, 0.3) is 0 Å². The third-order valence-electron chi connectivity index (χ3n) is 5.38. The first-order valence-electron chi connectivity index (χ1n) is 9.86. The van der Waals surface area contributed by atoms with E-state index in [2.05, 4.69) is 32.2 Å². The van der Waals surface area contributed by atoms with Gasteiger partial charge in [0.1, 0.15) is 0 Å². The van der Waals surface area contributed by atoms with Crippen LogP contribution in [-0.2, 0) is 30.7 Å². The minimum Gasteiger partial charge on any atom is -0.424 e. The van der Waals surface area contributed by atoms with E-state index in [1.807, 2.05) is 25.1 Å². The van der Waals surface area contributed by atoms with Gasteiger partial charge in [-0.05, 0) is 30.9 Å². The van der Waals surface area contributed by atoms with Crippen LogP contribution in [-0.4, -0.2) is 26.5 Å². The van der Waals surface area contributed by atoms with Gasteiger partial charge in [-0.25, -0.2) is 0 Å². The normalized spacial score (nSPS) is 13.4. The Balaban J connectivity index is 1.58. The van der Waals surface area contributed by atoms with E-state index >= 15 is 0 Å². The van der Waals surface area contributed by atoms with Gasteiger partial charge in [-0.3, -0.25) is 9.59 Å². The Morgan fingerprint density at radius 2 is 1.97 bits per heavy atom. The number of hydrogen-bond acceptors (Lipinski definition) is 5. The summed E-state index contributed by atoms with van der Waals surface area (Å²) < 4.78 is 7.49. The molecule has 1 N–H and O–H groups in total. The molecule has 2 heterocycles. The zero-order chi connectivity index (χ0) is 20.4. The minimum atomic E-state index is -0.165. The molecule has 1 amide bonds. The molecular formula is C22H24N4O3. The summed E-state index contributed by atoms with van der Waals surface area (Å²) in [7, 11) is 0. The number of aryl methyl sites for hydroxylation is 1. The molecule has 3 aromatic rings. The molecule has 29 heavy (non-hydrogen) atoms. The maximum absolute atomic E-state index is 12.7. The van der Waals surface area contributed by atoms with Gasteiger partial charge in [-0.15, -0.1) is 10.2 Å². The quantitative estimate of drug-likeness (QED) is 0.697. The van der Waals surface area contributed by atoms with Crippen LogP contribution in [0.15, 0.2) is 34.7 Å². The summed E-state index contributed by atoms with van der Waals surface area (Å²) in [6.07, 6.45) is 2.41. The van der Waals surface area contributed by atoms with Gasteiger partial charge in [0.15, 0.2) is 5.78 Å². The Hall–Kier alpha value is -3.22. The maximum atomic E-state index is 12.7. The number of carbonyl (C=O) groups is 2. The second-order valence-electron chi connectivity index (χ2n) is 7.40. The van der Waals surface area contributed by atoms with E-state index in [0.717, 1.165) is 35.4 Å². The molecule has 0 fully saturated rings. The molecule has 2 aromatic heterocycles. The number of hydrogen-bond donors (Lipinski definition) is 1. The summed E-state index contributed by atoms with van der Waals surface area (Å²) >= 11 is 0. The smallest absolute Gasteiger partial charge is 0.235 e. The summed E-state index contributed by atoms with van der Waals surface area (Å²) in [4.78, 5) is 25.3. The largest absolute Gasteiger partial charge is 0.424 e. The fraction of sp³-hybridized carbons (Fsp3) is 0.364. The van der Waals surface area contributed by atoms with E-state index in [-0.39, 0.29) is 24.7 Å². The molecule has 0 aliphatic heterocycles. The van der Waals surface area contributed by atoms with Gasteiger partial charge >= 0.3 is 0 Å². The highest BCUT2D eigenvalue weighted by Gasteiger charge is 2.29. The molecule has 0 unspecified atom stereocenters. The summed E-state index contributed by atoms with van der Waals surface area (Å²) in [6, 6.07) is 10.2. The number of fused-ring (bicyclic) bond motifs is 1. The van der Waals surface area contributed by atoms with E-state index < -0.39 is 0 Å². The van der Waals surface area contributed by atoms with Crippen molar-refractivity contribution in [2.45, 2.75) is 52.6 Å². The summed E-state index contributed by atoms with van der Waals surface area (Å²) in [5.41, 5.74) is 4.79. The average Bonchev–Trinajstić information content (AvgIpc) is 3.24. The molecule has 1 aliphatic carbocycles. The van der Waals surface area contributed by atoms with Crippen LogP contribution in [0.5, 0.6) is 0 Å². The number of Topliss-reactive ketones (excluding diaryl/α,β-unsaturated/α-hetero) is 1. The van der Waals surface area contributed by atoms with Crippen LogP contribution >= 0.6 is 0 Å². The van der Waals surface area contributed by atoms with Crippen molar-refractivity contribution in [3.63, 3.8) is 0 Å². The zero-order valence-corrected chi connectivity index (χ0v) is 16.7. The monoisotopic (exact) mass is 392 g/mol.